The highest BCUT2D eigenvalue weighted by atomic mass is 19.4. The van der Waals surface area contributed by atoms with E-state index >= 15 is 0 Å². The van der Waals surface area contributed by atoms with Crippen molar-refractivity contribution in [3.63, 3.8) is 0 Å². The zero-order valence-electron chi connectivity index (χ0n) is 15.3. The number of furan rings is 1. The van der Waals surface area contributed by atoms with E-state index in [0.717, 1.165) is 24.2 Å². The molecule has 26 heavy (non-hydrogen) atoms. The van der Waals surface area contributed by atoms with Crippen LogP contribution in [0.25, 0.3) is 0 Å². The van der Waals surface area contributed by atoms with Crippen molar-refractivity contribution in [1.82, 2.24) is 4.90 Å². The van der Waals surface area contributed by atoms with Gasteiger partial charge in [0.1, 0.15) is 12.3 Å². The van der Waals surface area contributed by atoms with E-state index < -0.39 is 18.6 Å². The molecule has 1 fully saturated rings. The van der Waals surface area contributed by atoms with Crippen molar-refractivity contribution in [2.45, 2.75) is 59.1 Å². The van der Waals surface area contributed by atoms with Gasteiger partial charge in [-0.1, -0.05) is 20.3 Å². The molecule has 3 rings (SSSR count). The molecule has 1 aromatic rings. The van der Waals surface area contributed by atoms with Crippen molar-refractivity contribution in [3.8, 4) is 0 Å². The maximum atomic E-state index is 13.0. The number of hydrogen-bond acceptors (Lipinski definition) is 3. The predicted molar refractivity (Wildman–Crippen MR) is 89.2 cm³/mol. The van der Waals surface area contributed by atoms with Crippen molar-refractivity contribution >= 4 is 11.7 Å². The molecule has 7 heteroatoms. The standard InChI is InChI=1S/C19H24F3NO3/c1-11-15-13(24)7-18(2,3)8-14(15)26-16(11)17(25)23(10-19(20,21)22)9-12-5-4-6-12/h12H,4-10H2,1-3H3. The molecule has 1 heterocycles. The Morgan fingerprint density at radius 2 is 1.92 bits per heavy atom. The Bertz CT molecular complexity index is 729. The van der Waals surface area contributed by atoms with Gasteiger partial charge in [-0.25, -0.2) is 0 Å². The smallest absolute Gasteiger partial charge is 0.406 e. The SMILES string of the molecule is Cc1c(C(=O)N(CC2CCC2)CC(F)(F)F)oc2c1C(=O)CC(C)(C)C2. The van der Waals surface area contributed by atoms with Crippen LogP contribution in [0.4, 0.5) is 13.2 Å². The van der Waals surface area contributed by atoms with Crippen LogP contribution in [-0.4, -0.2) is 35.9 Å². The van der Waals surface area contributed by atoms with E-state index in [0.29, 0.717) is 29.7 Å². The highest BCUT2D eigenvalue weighted by Crippen LogP contribution is 2.39. The second-order valence-electron chi connectivity index (χ2n) is 8.39. The quantitative estimate of drug-likeness (QED) is 0.780. The Labute approximate surface area is 150 Å². The Hall–Kier alpha value is -1.79. The van der Waals surface area contributed by atoms with E-state index in [9.17, 15) is 22.8 Å². The molecule has 2 aliphatic carbocycles. The summed E-state index contributed by atoms with van der Waals surface area (Å²) < 4.78 is 44.6. The highest BCUT2D eigenvalue weighted by Gasteiger charge is 2.40. The molecule has 0 aliphatic heterocycles. The fourth-order valence-corrected chi connectivity index (χ4v) is 3.85. The van der Waals surface area contributed by atoms with Gasteiger partial charge in [0.25, 0.3) is 5.91 Å². The number of fused-ring (bicyclic) bond motifs is 1. The topological polar surface area (TPSA) is 50.5 Å². The van der Waals surface area contributed by atoms with Crippen molar-refractivity contribution in [2.75, 3.05) is 13.1 Å². The summed E-state index contributed by atoms with van der Waals surface area (Å²) in [5.41, 5.74) is 0.460. The maximum absolute atomic E-state index is 13.0. The van der Waals surface area contributed by atoms with Gasteiger partial charge in [-0.3, -0.25) is 9.59 Å². The fourth-order valence-electron chi connectivity index (χ4n) is 3.85. The van der Waals surface area contributed by atoms with E-state index in [1.165, 1.54) is 0 Å². The summed E-state index contributed by atoms with van der Waals surface area (Å²) >= 11 is 0. The van der Waals surface area contributed by atoms with Crippen molar-refractivity contribution in [1.29, 1.82) is 0 Å². The van der Waals surface area contributed by atoms with Crippen LogP contribution in [0.2, 0.25) is 0 Å². The summed E-state index contributed by atoms with van der Waals surface area (Å²) in [6.45, 7) is 4.22. The first-order chi connectivity index (χ1) is 12.0. The summed E-state index contributed by atoms with van der Waals surface area (Å²) in [6.07, 6.45) is -0.996. The molecule has 1 aromatic heterocycles. The van der Waals surface area contributed by atoms with Gasteiger partial charge in [0, 0.05) is 24.9 Å². The Morgan fingerprint density at radius 1 is 1.27 bits per heavy atom. The number of nitrogens with zero attached hydrogens (tertiary/aromatic N) is 1. The minimum Gasteiger partial charge on any atom is -0.455 e. The molecular formula is C19H24F3NO3. The first-order valence-corrected chi connectivity index (χ1v) is 8.98. The minimum absolute atomic E-state index is 0.0720. The van der Waals surface area contributed by atoms with Gasteiger partial charge in [0.05, 0.1) is 5.56 Å². The molecule has 1 saturated carbocycles. The molecule has 0 spiro atoms. The molecule has 0 N–H and O–H groups in total. The number of hydrogen-bond donors (Lipinski definition) is 0. The number of halogens is 3. The number of ketones is 1. The summed E-state index contributed by atoms with van der Waals surface area (Å²) in [5.74, 6) is -0.483. The number of rotatable bonds is 4. The fraction of sp³-hybridized carbons (Fsp3) is 0.684. The molecule has 0 radical (unpaired) electrons. The van der Waals surface area contributed by atoms with Crippen molar-refractivity contribution < 1.29 is 27.2 Å². The second-order valence-corrected chi connectivity index (χ2v) is 8.39. The Kier molecular flexibility index (Phi) is 4.69. The van der Waals surface area contributed by atoms with Gasteiger partial charge < -0.3 is 9.32 Å². The maximum Gasteiger partial charge on any atom is 0.406 e. The third kappa shape index (κ3) is 3.81. The summed E-state index contributed by atoms with van der Waals surface area (Å²) in [6, 6.07) is 0. The van der Waals surface area contributed by atoms with Gasteiger partial charge in [0.15, 0.2) is 11.5 Å². The zero-order chi connectivity index (χ0) is 19.3. The number of carbonyl (C=O) groups is 2. The summed E-state index contributed by atoms with van der Waals surface area (Å²) in [5, 5.41) is 0. The number of Topliss-reactive ketones (excluding diaryl/α,β-unsaturated/α-hetero) is 1. The lowest BCUT2D eigenvalue weighted by molar-refractivity contribution is -0.142. The Balaban J connectivity index is 1.90. The van der Waals surface area contributed by atoms with E-state index in [4.69, 9.17) is 4.42 Å². The highest BCUT2D eigenvalue weighted by molar-refractivity contribution is 6.03. The molecule has 2 aliphatic rings. The van der Waals surface area contributed by atoms with Crippen LogP contribution >= 0.6 is 0 Å². The third-order valence-corrected chi connectivity index (χ3v) is 5.33. The van der Waals surface area contributed by atoms with E-state index in [1.807, 2.05) is 13.8 Å². The molecule has 0 unspecified atom stereocenters. The number of carbonyl (C=O) groups excluding carboxylic acids is 2. The lowest BCUT2D eigenvalue weighted by atomic mass is 9.76. The van der Waals surface area contributed by atoms with E-state index in [-0.39, 0.29) is 29.4 Å². The minimum atomic E-state index is -4.47. The van der Waals surface area contributed by atoms with Crippen LogP contribution < -0.4 is 0 Å². The van der Waals surface area contributed by atoms with Crippen LogP contribution in [0.5, 0.6) is 0 Å². The largest absolute Gasteiger partial charge is 0.455 e. The molecule has 144 valence electrons. The van der Waals surface area contributed by atoms with Gasteiger partial charge >= 0.3 is 6.18 Å². The normalized spacial score (nSPS) is 19.8. The van der Waals surface area contributed by atoms with Crippen LogP contribution in [0.15, 0.2) is 4.42 Å². The number of alkyl halides is 3. The van der Waals surface area contributed by atoms with Gasteiger partial charge in [-0.2, -0.15) is 13.2 Å². The van der Waals surface area contributed by atoms with E-state index in [2.05, 4.69) is 0 Å². The zero-order valence-corrected chi connectivity index (χ0v) is 15.3. The molecule has 0 saturated heterocycles. The van der Waals surface area contributed by atoms with Crippen LogP contribution in [0, 0.1) is 18.3 Å². The molecule has 0 atom stereocenters. The van der Waals surface area contributed by atoms with Crippen molar-refractivity contribution in [3.05, 3.63) is 22.6 Å². The van der Waals surface area contributed by atoms with Gasteiger partial charge in [-0.15, -0.1) is 0 Å². The third-order valence-electron chi connectivity index (χ3n) is 5.33. The lowest BCUT2D eigenvalue weighted by Crippen LogP contribution is -2.43. The summed E-state index contributed by atoms with van der Waals surface area (Å²) in [4.78, 5) is 26.1. The lowest BCUT2D eigenvalue weighted by Gasteiger charge is -2.32. The molecule has 0 bridgehead atoms. The first kappa shape index (κ1) is 19.0. The van der Waals surface area contributed by atoms with Gasteiger partial charge in [-0.05, 0) is 31.1 Å². The number of amides is 1. The molecule has 4 nitrogen and oxygen atoms in total. The average molecular weight is 371 g/mol. The predicted octanol–water partition coefficient (Wildman–Crippen LogP) is 4.55. The van der Waals surface area contributed by atoms with Crippen LogP contribution in [0.3, 0.4) is 0 Å². The first-order valence-electron chi connectivity index (χ1n) is 8.98. The monoisotopic (exact) mass is 371 g/mol. The van der Waals surface area contributed by atoms with Crippen molar-refractivity contribution in [2.24, 2.45) is 11.3 Å². The average Bonchev–Trinajstić information content (AvgIpc) is 2.74. The van der Waals surface area contributed by atoms with E-state index in [1.54, 1.807) is 6.92 Å². The Morgan fingerprint density at radius 3 is 2.46 bits per heavy atom. The molecule has 1 amide bonds. The van der Waals surface area contributed by atoms with Gasteiger partial charge in [0.2, 0.25) is 0 Å². The van der Waals surface area contributed by atoms with Crippen LogP contribution in [0.1, 0.15) is 71.8 Å². The molecular weight excluding hydrogens is 347 g/mol. The summed E-state index contributed by atoms with van der Waals surface area (Å²) in [7, 11) is 0. The van der Waals surface area contributed by atoms with Crippen LogP contribution in [-0.2, 0) is 6.42 Å². The molecule has 0 aromatic carbocycles. The second kappa shape index (κ2) is 6.43.